The summed E-state index contributed by atoms with van der Waals surface area (Å²) in [5.41, 5.74) is 1.65. The second-order valence-electron chi connectivity index (χ2n) is 5.07. The van der Waals surface area contributed by atoms with Crippen molar-refractivity contribution in [2.24, 2.45) is 0 Å². The second kappa shape index (κ2) is 8.48. The fourth-order valence-electron chi connectivity index (χ4n) is 2.18. The van der Waals surface area contributed by atoms with Crippen LogP contribution in [0.5, 0.6) is 11.5 Å². The monoisotopic (exact) mass is 450 g/mol. The number of anilines is 1. The Labute approximate surface area is 167 Å². The van der Waals surface area contributed by atoms with Gasteiger partial charge in [0.1, 0.15) is 0 Å². The van der Waals surface area contributed by atoms with E-state index in [0.29, 0.717) is 16.6 Å². The number of thiazole rings is 1. The Kier molecular flexibility index (Phi) is 6.08. The molecule has 2 aromatic heterocycles. The number of nitrogens with zero attached hydrogens (tertiary/aromatic N) is 1. The maximum Gasteiger partial charge on any atom is 0.250 e. The zero-order valence-electron chi connectivity index (χ0n) is 14.0. The summed E-state index contributed by atoms with van der Waals surface area (Å²) >= 11 is 6.32. The molecule has 1 N–H and O–H groups in total. The summed E-state index contributed by atoms with van der Waals surface area (Å²) in [7, 11) is 3.18. The van der Waals surface area contributed by atoms with Crippen LogP contribution in [0.4, 0.5) is 5.13 Å². The first-order valence-electron chi connectivity index (χ1n) is 7.51. The third-order valence-electron chi connectivity index (χ3n) is 3.41. The van der Waals surface area contributed by atoms with Crippen molar-refractivity contribution in [1.82, 2.24) is 4.98 Å². The lowest BCUT2D eigenvalue weighted by Crippen LogP contribution is -2.07. The lowest BCUT2D eigenvalue weighted by molar-refractivity contribution is -0.111. The number of hydrogen-bond donors (Lipinski definition) is 1. The Morgan fingerprint density at radius 2 is 2.00 bits per heavy atom. The van der Waals surface area contributed by atoms with Crippen LogP contribution in [0.3, 0.4) is 0 Å². The first-order valence-corrected chi connectivity index (χ1v) is 10.0. The molecule has 0 spiro atoms. The van der Waals surface area contributed by atoms with Crippen molar-refractivity contribution >= 4 is 55.7 Å². The molecule has 134 valence electrons. The SMILES string of the molecule is COc1ccc(-c2csc(NC(=O)/C=C/c3ccc(Br)s3)n2)cc1OC. The van der Waals surface area contributed by atoms with E-state index in [1.54, 1.807) is 31.6 Å². The standard InChI is InChI=1S/C18H15BrN2O3S2/c1-23-14-6-3-11(9-15(14)24-2)13-10-25-18(20-13)21-17(22)8-5-12-4-7-16(19)26-12/h3-10H,1-2H3,(H,20,21,22)/b8-5+. The van der Waals surface area contributed by atoms with Gasteiger partial charge in [-0.1, -0.05) is 0 Å². The molecule has 0 saturated carbocycles. The number of nitrogens with one attached hydrogen (secondary N) is 1. The third-order valence-corrected chi connectivity index (χ3v) is 5.75. The van der Waals surface area contributed by atoms with Crippen LogP contribution in [0.25, 0.3) is 17.3 Å². The fourth-order valence-corrected chi connectivity index (χ4v) is 4.23. The van der Waals surface area contributed by atoms with Crippen molar-refractivity contribution < 1.29 is 14.3 Å². The van der Waals surface area contributed by atoms with Gasteiger partial charge < -0.3 is 9.47 Å². The molecule has 0 atom stereocenters. The van der Waals surface area contributed by atoms with Crippen molar-refractivity contribution in [2.45, 2.75) is 0 Å². The summed E-state index contributed by atoms with van der Waals surface area (Å²) in [6, 6.07) is 9.47. The smallest absolute Gasteiger partial charge is 0.250 e. The Bertz CT molecular complexity index is 950. The number of benzene rings is 1. The highest BCUT2D eigenvalue weighted by atomic mass is 79.9. The molecule has 0 saturated heterocycles. The van der Waals surface area contributed by atoms with Gasteiger partial charge in [0.15, 0.2) is 16.6 Å². The maximum absolute atomic E-state index is 12.0. The molecule has 3 aromatic rings. The topological polar surface area (TPSA) is 60.5 Å². The van der Waals surface area contributed by atoms with E-state index in [4.69, 9.17) is 9.47 Å². The van der Waals surface area contributed by atoms with E-state index < -0.39 is 0 Å². The number of ether oxygens (including phenoxy) is 2. The molecule has 0 radical (unpaired) electrons. The predicted octanol–water partition coefficient (Wildman–Crippen LogP) is 5.30. The van der Waals surface area contributed by atoms with Crippen molar-refractivity contribution in [3.05, 3.63) is 50.5 Å². The highest BCUT2D eigenvalue weighted by Crippen LogP contribution is 2.33. The van der Waals surface area contributed by atoms with E-state index in [0.717, 1.165) is 19.9 Å². The average Bonchev–Trinajstić information content (AvgIpc) is 3.28. The average molecular weight is 451 g/mol. The van der Waals surface area contributed by atoms with Gasteiger partial charge in [-0.3, -0.25) is 10.1 Å². The molecule has 8 heteroatoms. The minimum Gasteiger partial charge on any atom is -0.493 e. The van der Waals surface area contributed by atoms with Crippen LogP contribution in [0, 0.1) is 0 Å². The number of carbonyl (C=O) groups excluding carboxylic acids is 1. The third kappa shape index (κ3) is 4.51. The highest BCUT2D eigenvalue weighted by Gasteiger charge is 2.10. The van der Waals surface area contributed by atoms with E-state index in [9.17, 15) is 4.79 Å². The maximum atomic E-state index is 12.0. The molecule has 1 amide bonds. The molecule has 0 unspecified atom stereocenters. The lowest BCUT2D eigenvalue weighted by atomic mass is 10.1. The summed E-state index contributed by atoms with van der Waals surface area (Å²) in [6.07, 6.45) is 3.27. The fraction of sp³-hybridized carbons (Fsp3) is 0.111. The van der Waals surface area contributed by atoms with Gasteiger partial charge in [-0.2, -0.15) is 0 Å². The molecule has 0 fully saturated rings. The molecule has 0 aliphatic heterocycles. The van der Waals surface area contributed by atoms with Gasteiger partial charge in [-0.05, 0) is 52.3 Å². The van der Waals surface area contributed by atoms with E-state index in [-0.39, 0.29) is 5.91 Å². The quantitative estimate of drug-likeness (QED) is 0.517. The van der Waals surface area contributed by atoms with E-state index in [2.05, 4.69) is 26.2 Å². The Morgan fingerprint density at radius 1 is 1.19 bits per heavy atom. The van der Waals surface area contributed by atoms with Gasteiger partial charge in [0.2, 0.25) is 5.91 Å². The van der Waals surface area contributed by atoms with Crippen LogP contribution in [-0.2, 0) is 4.79 Å². The summed E-state index contributed by atoms with van der Waals surface area (Å²) in [6.45, 7) is 0. The zero-order valence-corrected chi connectivity index (χ0v) is 17.2. The summed E-state index contributed by atoms with van der Waals surface area (Å²) in [5.74, 6) is 1.07. The lowest BCUT2D eigenvalue weighted by Gasteiger charge is -2.08. The van der Waals surface area contributed by atoms with E-state index in [1.165, 1.54) is 17.4 Å². The minimum absolute atomic E-state index is 0.220. The summed E-state index contributed by atoms with van der Waals surface area (Å²) in [5, 5.41) is 5.20. The van der Waals surface area contributed by atoms with E-state index >= 15 is 0 Å². The molecular weight excluding hydrogens is 436 g/mol. The van der Waals surface area contributed by atoms with Crippen LogP contribution in [0.1, 0.15) is 4.88 Å². The van der Waals surface area contributed by atoms with Crippen molar-refractivity contribution in [1.29, 1.82) is 0 Å². The molecule has 26 heavy (non-hydrogen) atoms. The van der Waals surface area contributed by atoms with Gasteiger partial charge in [0.25, 0.3) is 0 Å². The number of rotatable bonds is 6. The van der Waals surface area contributed by atoms with Crippen LogP contribution >= 0.6 is 38.6 Å². The molecular formula is C18H15BrN2O3S2. The van der Waals surface area contributed by atoms with Gasteiger partial charge in [-0.15, -0.1) is 22.7 Å². The molecule has 1 aromatic carbocycles. The predicted molar refractivity (Wildman–Crippen MR) is 110 cm³/mol. The van der Waals surface area contributed by atoms with Gasteiger partial charge in [0.05, 0.1) is 23.7 Å². The van der Waals surface area contributed by atoms with Gasteiger partial charge >= 0.3 is 0 Å². The number of aromatic nitrogens is 1. The van der Waals surface area contributed by atoms with Crippen molar-refractivity contribution in [2.75, 3.05) is 19.5 Å². The molecule has 0 bridgehead atoms. The molecule has 0 aliphatic rings. The van der Waals surface area contributed by atoms with Gasteiger partial charge in [0, 0.05) is 21.9 Å². The number of carbonyl (C=O) groups is 1. The van der Waals surface area contributed by atoms with Crippen molar-refractivity contribution in [3.8, 4) is 22.8 Å². The first-order chi connectivity index (χ1) is 12.6. The number of hydrogen-bond acceptors (Lipinski definition) is 6. The first kappa shape index (κ1) is 18.6. The Hall–Kier alpha value is -2.16. The zero-order chi connectivity index (χ0) is 18.5. The van der Waals surface area contributed by atoms with Crippen LogP contribution < -0.4 is 14.8 Å². The number of amides is 1. The number of methoxy groups -OCH3 is 2. The van der Waals surface area contributed by atoms with Crippen LogP contribution in [0.2, 0.25) is 0 Å². The number of thiophene rings is 1. The molecule has 3 rings (SSSR count). The van der Waals surface area contributed by atoms with Crippen LogP contribution in [-0.4, -0.2) is 25.1 Å². The second-order valence-corrected chi connectivity index (χ2v) is 8.42. The summed E-state index contributed by atoms with van der Waals surface area (Å²) < 4.78 is 11.6. The normalized spacial score (nSPS) is 10.9. The molecule has 0 aliphatic carbocycles. The van der Waals surface area contributed by atoms with Crippen LogP contribution in [0.15, 0.2) is 45.6 Å². The van der Waals surface area contributed by atoms with E-state index in [1.807, 2.05) is 35.7 Å². The largest absolute Gasteiger partial charge is 0.493 e. The Morgan fingerprint density at radius 3 is 2.69 bits per heavy atom. The van der Waals surface area contributed by atoms with Gasteiger partial charge in [-0.25, -0.2) is 4.98 Å². The molecule has 2 heterocycles. The minimum atomic E-state index is -0.220. The highest BCUT2D eigenvalue weighted by molar-refractivity contribution is 9.11. The molecule has 5 nitrogen and oxygen atoms in total. The summed E-state index contributed by atoms with van der Waals surface area (Å²) in [4.78, 5) is 17.5. The Balaban J connectivity index is 1.69. The van der Waals surface area contributed by atoms with Crippen molar-refractivity contribution in [3.63, 3.8) is 0 Å². The number of halogens is 1.